The highest BCUT2D eigenvalue weighted by Gasteiger charge is 2.50. The molecule has 5 nitrogen and oxygen atoms in total. The largest absolute Gasteiger partial charge is 0.441 e. The number of alkyl carbamates (subject to hydrolysis) is 1. The molecule has 0 aliphatic carbocycles. The van der Waals surface area contributed by atoms with Crippen molar-refractivity contribution in [1.29, 1.82) is 0 Å². The third-order valence-electron chi connectivity index (χ3n) is 6.34. The van der Waals surface area contributed by atoms with Crippen molar-refractivity contribution in [2.45, 2.75) is 36.8 Å². The first-order chi connectivity index (χ1) is 13.8. The van der Waals surface area contributed by atoms with Crippen molar-refractivity contribution in [3.8, 4) is 0 Å². The van der Waals surface area contributed by atoms with E-state index in [0.717, 1.165) is 37.9 Å². The molecule has 2 aliphatic heterocycles. The molecular weight excluding hydrogens is 350 g/mol. The molecule has 5 heteroatoms. The molecule has 144 valence electrons. The van der Waals surface area contributed by atoms with E-state index in [0.29, 0.717) is 0 Å². The highest BCUT2D eigenvalue weighted by molar-refractivity contribution is 5.84. The second-order valence-electron chi connectivity index (χ2n) is 7.89. The van der Waals surface area contributed by atoms with E-state index in [1.165, 1.54) is 16.5 Å². The van der Waals surface area contributed by atoms with E-state index in [2.05, 4.69) is 70.3 Å². The van der Waals surface area contributed by atoms with Gasteiger partial charge in [-0.05, 0) is 36.7 Å². The Kier molecular flexibility index (Phi) is 4.32. The number of nitrogens with one attached hydrogen (secondary N) is 3. The van der Waals surface area contributed by atoms with E-state index in [1.54, 1.807) is 0 Å². The van der Waals surface area contributed by atoms with E-state index >= 15 is 0 Å². The summed E-state index contributed by atoms with van der Waals surface area (Å²) in [5, 5.41) is 7.75. The van der Waals surface area contributed by atoms with Gasteiger partial charge in [-0.2, -0.15) is 0 Å². The molecule has 1 spiro atoms. The fourth-order valence-corrected chi connectivity index (χ4v) is 4.88. The van der Waals surface area contributed by atoms with Gasteiger partial charge in [-0.15, -0.1) is 0 Å². The second-order valence-corrected chi connectivity index (χ2v) is 7.89. The van der Waals surface area contributed by atoms with Crippen LogP contribution in [0.1, 0.15) is 36.3 Å². The number of aromatic nitrogens is 1. The molecule has 2 saturated heterocycles. The first-order valence-corrected chi connectivity index (χ1v) is 10.1. The van der Waals surface area contributed by atoms with Gasteiger partial charge in [0.1, 0.15) is 5.60 Å². The molecule has 1 aromatic heterocycles. The molecule has 0 radical (unpaired) electrons. The summed E-state index contributed by atoms with van der Waals surface area (Å²) >= 11 is 0. The number of ether oxygens (including phenoxy) is 1. The molecule has 0 saturated carbocycles. The minimum absolute atomic E-state index is 0.000897. The predicted octanol–water partition coefficient (Wildman–Crippen LogP) is 3.92. The monoisotopic (exact) mass is 375 g/mol. The van der Waals surface area contributed by atoms with Gasteiger partial charge in [-0.1, -0.05) is 48.5 Å². The van der Waals surface area contributed by atoms with Crippen LogP contribution in [-0.4, -0.2) is 35.8 Å². The minimum atomic E-state index is -0.401. The molecule has 2 aromatic carbocycles. The minimum Gasteiger partial charge on any atom is -0.441 e. The van der Waals surface area contributed by atoms with Gasteiger partial charge < -0.3 is 20.4 Å². The molecule has 3 heterocycles. The summed E-state index contributed by atoms with van der Waals surface area (Å²) in [5.74, 6) is 0.177. The summed E-state index contributed by atoms with van der Waals surface area (Å²) in [4.78, 5) is 15.6. The summed E-state index contributed by atoms with van der Waals surface area (Å²) in [6, 6.07) is 19.0. The lowest BCUT2D eigenvalue weighted by molar-refractivity contribution is 0.00780. The summed E-state index contributed by atoms with van der Waals surface area (Å²) in [6.45, 7) is 1.77. The van der Waals surface area contributed by atoms with Crippen LogP contribution in [0.2, 0.25) is 0 Å². The van der Waals surface area contributed by atoms with Crippen molar-refractivity contribution < 1.29 is 9.53 Å². The number of H-pyrrole nitrogens is 1. The van der Waals surface area contributed by atoms with Crippen molar-refractivity contribution in [1.82, 2.24) is 15.6 Å². The van der Waals surface area contributed by atoms with Gasteiger partial charge >= 0.3 is 6.09 Å². The number of hydrogen-bond acceptors (Lipinski definition) is 3. The van der Waals surface area contributed by atoms with Gasteiger partial charge in [0.25, 0.3) is 0 Å². The van der Waals surface area contributed by atoms with Crippen LogP contribution >= 0.6 is 0 Å². The predicted molar refractivity (Wildman–Crippen MR) is 109 cm³/mol. The Morgan fingerprint density at radius 2 is 1.79 bits per heavy atom. The molecule has 3 aromatic rings. The summed E-state index contributed by atoms with van der Waals surface area (Å²) < 4.78 is 5.85. The number of carbonyl (C=O) groups excluding carboxylic acids is 1. The fourth-order valence-electron chi connectivity index (χ4n) is 4.88. The van der Waals surface area contributed by atoms with Gasteiger partial charge in [-0.25, -0.2) is 4.79 Å². The van der Waals surface area contributed by atoms with Crippen LogP contribution in [0.5, 0.6) is 0 Å². The number of piperidine rings is 1. The maximum atomic E-state index is 12.2. The third-order valence-corrected chi connectivity index (χ3v) is 6.34. The Balaban J connectivity index is 1.55. The zero-order valence-corrected chi connectivity index (χ0v) is 15.8. The topological polar surface area (TPSA) is 66.2 Å². The number of aromatic amines is 1. The van der Waals surface area contributed by atoms with Crippen LogP contribution in [0.3, 0.4) is 0 Å². The molecule has 0 bridgehead atoms. The maximum absolute atomic E-state index is 12.2. The Morgan fingerprint density at radius 3 is 2.61 bits per heavy atom. The van der Waals surface area contributed by atoms with E-state index in [9.17, 15) is 4.79 Å². The molecule has 2 unspecified atom stereocenters. The first kappa shape index (κ1) is 17.3. The van der Waals surface area contributed by atoms with Crippen LogP contribution in [0.15, 0.2) is 60.8 Å². The standard InChI is InChI=1S/C23H25N3O2/c27-22-26-21(23(28-22)10-12-24-13-11-23)14-18(16-6-2-1-3-7-16)19-15-25-20-9-5-4-8-17(19)20/h1-9,15,18,21,24-25H,10-14H2,(H,26,27). The molecule has 2 atom stereocenters. The number of amides is 1. The zero-order valence-electron chi connectivity index (χ0n) is 15.8. The van der Waals surface area contributed by atoms with Crippen LogP contribution in [-0.2, 0) is 4.74 Å². The normalized spacial score (nSPS) is 22.1. The van der Waals surface area contributed by atoms with Gasteiger partial charge in [0.05, 0.1) is 6.04 Å². The molecular formula is C23H25N3O2. The molecule has 2 aliphatic rings. The van der Waals surface area contributed by atoms with Crippen molar-refractivity contribution in [3.63, 3.8) is 0 Å². The Bertz CT molecular complexity index is 976. The smallest absolute Gasteiger partial charge is 0.408 e. The molecule has 2 fully saturated rings. The lowest BCUT2D eigenvalue weighted by Gasteiger charge is -2.37. The third kappa shape index (κ3) is 2.96. The number of rotatable bonds is 4. The summed E-state index contributed by atoms with van der Waals surface area (Å²) in [7, 11) is 0. The number of para-hydroxylation sites is 1. The maximum Gasteiger partial charge on any atom is 0.408 e. The van der Waals surface area contributed by atoms with Crippen LogP contribution < -0.4 is 10.6 Å². The summed E-state index contributed by atoms with van der Waals surface area (Å²) in [6.07, 6.45) is 4.36. The van der Waals surface area contributed by atoms with E-state index in [4.69, 9.17) is 4.74 Å². The molecule has 28 heavy (non-hydrogen) atoms. The van der Waals surface area contributed by atoms with Gasteiger partial charge in [0.15, 0.2) is 0 Å². The lowest BCUT2D eigenvalue weighted by Crippen LogP contribution is -2.51. The molecule has 5 rings (SSSR count). The zero-order chi connectivity index (χ0) is 19.0. The average molecular weight is 375 g/mol. The molecule has 1 amide bonds. The van der Waals surface area contributed by atoms with Crippen molar-refractivity contribution >= 4 is 17.0 Å². The first-order valence-electron chi connectivity index (χ1n) is 10.1. The van der Waals surface area contributed by atoms with Crippen LogP contribution in [0.25, 0.3) is 10.9 Å². The Morgan fingerprint density at radius 1 is 1.04 bits per heavy atom. The average Bonchev–Trinajstić information content (AvgIpc) is 3.28. The van der Waals surface area contributed by atoms with E-state index < -0.39 is 5.60 Å². The number of benzene rings is 2. The van der Waals surface area contributed by atoms with E-state index in [1.807, 2.05) is 6.07 Å². The fraction of sp³-hybridized carbons (Fsp3) is 0.348. The van der Waals surface area contributed by atoms with Gasteiger partial charge in [0, 0.05) is 35.9 Å². The number of carbonyl (C=O) groups is 1. The Labute approximate surface area is 164 Å². The van der Waals surface area contributed by atoms with Gasteiger partial charge in [0.2, 0.25) is 0 Å². The van der Waals surface area contributed by atoms with Gasteiger partial charge in [-0.3, -0.25) is 0 Å². The van der Waals surface area contributed by atoms with Crippen LogP contribution in [0, 0.1) is 0 Å². The number of hydrogen-bond donors (Lipinski definition) is 3. The highest BCUT2D eigenvalue weighted by Crippen LogP contribution is 2.40. The lowest BCUT2D eigenvalue weighted by atomic mass is 9.77. The second kappa shape index (κ2) is 6.99. The van der Waals surface area contributed by atoms with E-state index in [-0.39, 0.29) is 18.1 Å². The van der Waals surface area contributed by atoms with Crippen molar-refractivity contribution in [2.75, 3.05) is 13.1 Å². The quantitative estimate of drug-likeness (QED) is 0.647. The van der Waals surface area contributed by atoms with Crippen molar-refractivity contribution in [3.05, 3.63) is 71.9 Å². The van der Waals surface area contributed by atoms with Crippen LogP contribution in [0.4, 0.5) is 4.79 Å². The van der Waals surface area contributed by atoms with Crippen molar-refractivity contribution in [2.24, 2.45) is 0 Å². The molecule has 3 N–H and O–H groups in total. The SMILES string of the molecule is O=C1NC(CC(c2ccccc2)c2c[nH]c3ccccc23)C2(CCNCC2)O1. The number of fused-ring (bicyclic) bond motifs is 1. The summed E-state index contributed by atoms with van der Waals surface area (Å²) in [5.41, 5.74) is 3.27. The highest BCUT2D eigenvalue weighted by atomic mass is 16.6. The Hall–Kier alpha value is -2.79.